The highest BCUT2D eigenvalue weighted by atomic mass is 16.1. The first-order chi connectivity index (χ1) is 12.5. The van der Waals surface area contributed by atoms with Crippen molar-refractivity contribution in [3.05, 3.63) is 57.3 Å². The Hall–Kier alpha value is -2.47. The van der Waals surface area contributed by atoms with Gasteiger partial charge in [-0.05, 0) is 43.4 Å². The predicted molar refractivity (Wildman–Crippen MR) is 100 cm³/mol. The average Bonchev–Trinajstić information content (AvgIpc) is 2.99. The Kier molecular flexibility index (Phi) is 4.36. The highest BCUT2D eigenvalue weighted by Crippen LogP contribution is 2.39. The van der Waals surface area contributed by atoms with Crippen LogP contribution in [0.25, 0.3) is 0 Å². The molecule has 0 spiro atoms. The number of aromatic amines is 1. The summed E-state index contributed by atoms with van der Waals surface area (Å²) in [6, 6.07) is 8.02. The molecule has 0 saturated carbocycles. The van der Waals surface area contributed by atoms with Crippen molar-refractivity contribution in [1.29, 1.82) is 0 Å². The minimum Gasteiger partial charge on any atom is -0.326 e. The van der Waals surface area contributed by atoms with Crippen LogP contribution in [0.1, 0.15) is 41.9 Å². The number of hydrogen-bond donors (Lipinski definition) is 2. The number of hydrogen-bond acceptors (Lipinski definition) is 4. The zero-order valence-electron chi connectivity index (χ0n) is 15.2. The first-order valence-electron chi connectivity index (χ1n) is 9.18. The zero-order valence-corrected chi connectivity index (χ0v) is 15.2. The molecule has 1 amide bonds. The van der Waals surface area contributed by atoms with Gasteiger partial charge in [0.15, 0.2) is 0 Å². The fraction of sp³-hybridized carbons (Fsp3) is 0.450. The van der Waals surface area contributed by atoms with Gasteiger partial charge in [-0.25, -0.2) is 4.98 Å². The van der Waals surface area contributed by atoms with E-state index in [0.29, 0.717) is 17.7 Å². The lowest BCUT2D eigenvalue weighted by Crippen LogP contribution is -2.28. The van der Waals surface area contributed by atoms with Gasteiger partial charge in [-0.3, -0.25) is 14.5 Å². The van der Waals surface area contributed by atoms with E-state index in [0.717, 1.165) is 49.4 Å². The Bertz CT molecular complexity index is 888. The standard InChI is InChI=1S/C20H24N4O2/c1-12-21-19-17(20(26)22-12)8-5-15-10-24(11-18(15)19)9-14-3-6-16(7-4-14)23-13(2)25/h3-4,6-7,15,18H,5,8-11H2,1-2H3,(H,23,25)(H,21,22,26)/t15-,18+/m1/s1. The first kappa shape index (κ1) is 17.0. The van der Waals surface area contributed by atoms with Crippen molar-refractivity contribution in [1.82, 2.24) is 14.9 Å². The summed E-state index contributed by atoms with van der Waals surface area (Å²) in [5, 5.41) is 2.79. The predicted octanol–water partition coefficient (Wildman–Crippen LogP) is 2.20. The van der Waals surface area contributed by atoms with Crippen molar-refractivity contribution in [3.8, 4) is 0 Å². The Balaban J connectivity index is 1.48. The monoisotopic (exact) mass is 352 g/mol. The van der Waals surface area contributed by atoms with E-state index in [2.05, 4.69) is 32.3 Å². The summed E-state index contributed by atoms with van der Waals surface area (Å²) in [5.41, 5.74) is 4.00. The summed E-state index contributed by atoms with van der Waals surface area (Å²) in [4.78, 5) is 33.3. The molecule has 2 aliphatic rings. The normalized spacial score (nSPS) is 21.9. The number of benzene rings is 1. The van der Waals surface area contributed by atoms with Gasteiger partial charge in [0.25, 0.3) is 5.56 Å². The number of H-pyrrole nitrogens is 1. The molecule has 6 heteroatoms. The van der Waals surface area contributed by atoms with Crippen molar-refractivity contribution in [2.24, 2.45) is 5.92 Å². The van der Waals surface area contributed by atoms with Gasteiger partial charge in [0.1, 0.15) is 5.82 Å². The number of rotatable bonds is 3. The largest absolute Gasteiger partial charge is 0.326 e. The Morgan fingerprint density at radius 3 is 2.81 bits per heavy atom. The second-order valence-corrected chi connectivity index (χ2v) is 7.49. The highest BCUT2D eigenvalue weighted by molar-refractivity contribution is 5.88. The number of fused-ring (bicyclic) bond motifs is 3. The summed E-state index contributed by atoms with van der Waals surface area (Å²) in [6.45, 7) is 6.24. The van der Waals surface area contributed by atoms with Crippen molar-refractivity contribution >= 4 is 11.6 Å². The van der Waals surface area contributed by atoms with Crippen LogP contribution in [0.5, 0.6) is 0 Å². The molecule has 2 N–H and O–H groups in total. The number of aromatic nitrogens is 2. The fourth-order valence-electron chi connectivity index (χ4n) is 4.36. The van der Waals surface area contributed by atoms with Crippen LogP contribution in [0, 0.1) is 12.8 Å². The third-order valence-electron chi connectivity index (χ3n) is 5.48. The lowest BCUT2D eigenvalue weighted by molar-refractivity contribution is -0.114. The smallest absolute Gasteiger partial charge is 0.254 e. The Labute approximate surface area is 152 Å². The number of carbonyl (C=O) groups is 1. The van der Waals surface area contributed by atoms with Crippen LogP contribution in [-0.4, -0.2) is 33.9 Å². The van der Waals surface area contributed by atoms with E-state index in [1.807, 2.05) is 19.1 Å². The van der Waals surface area contributed by atoms with Gasteiger partial charge < -0.3 is 10.3 Å². The summed E-state index contributed by atoms with van der Waals surface area (Å²) in [5.74, 6) is 1.59. The molecule has 1 aliphatic heterocycles. The number of nitrogens with one attached hydrogen (secondary N) is 2. The van der Waals surface area contributed by atoms with E-state index in [-0.39, 0.29) is 11.5 Å². The molecular formula is C20H24N4O2. The second kappa shape index (κ2) is 6.68. The van der Waals surface area contributed by atoms with Crippen molar-refractivity contribution in [3.63, 3.8) is 0 Å². The van der Waals surface area contributed by atoms with Crippen LogP contribution in [0.3, 0.4) is 0 Å². The van der Waals surface area contributed by atoms with Gasteiger partial charge in [0.05, 0.1) is 5.69 Å². The van der Waals surface area contributed by atoms with Gasteiger partial charge in [0, 0.05) is 43.7 Å². The molecule has 26 heavy (non-hydrogen) atoms. The molecule has 4 rings (SSSR count). The minimum atomic E-state index is -0.0576. The average molecular weight is 352 g/mol. The van der Waals surface area contributed by atoms with Gasteiger partial charge in [0.2, 0.25) is 5.91 Å². The van der Waals surface area contributed by atoms with Crippen molar-refractivity contribution < 1.29 is 4.79 Å². The number of anilines is 1. The lowest BCUT2D eigenvalue weighted by Gasteiger charge is -2.25. The van der Waals surface area contributed by atoms with Crippen LogP contribution in [0.15, 0.2) is 29.1 Å². The quantitative estimate of drug-likeness (QED) is 0.888. The topological polar surface area (TPSA) is 78.1 Å². The van der Waals surface area contributed by atoms with Gasteiger partial charge in [-0.15, -0.1) is 0 Å². The molecule has 136 valence electrons. The van der Waals surface area contributed by atoms with Crippen molar-refractivity contribution in [2.45, 2.75) is 39.2 Å². The van der Waals surface area contributed by atoms with Crippen LogP contribution in [-0.2, 0) is 17.8 Å². The molecule has 1 aromatic carbocycles. The van der Waals surface area contributed by atoms with Gasteiger partial charge in [-0.1, -0.05) is 12.1 Å². The molecule has 6 nitrogen and oxygen atoms in total. The molecule has 2 aromatic rings. The molecule has 2 heterocycles. The van der Waals surface area contributed by atoms with E-state index in [4.69, 9.17) is 0 Å². The third-order valence-corrected chi connectivity index (χ3v) is 5.48. The number of aryl methyl sites for hydroxylation is 1. The van der Waals surface area contributed by atoms with E-state index in [1.54, 1.807) is 0 Å². The number of nitrogens with zero attached hydrogens (tertiary/aromatic N) is 2. The maximum Gasteiger partial charge on any atom is 0.254 e. The molecule has 1 saturated heterocycles. The van der Waals surface area contributed by atoms with E-state index < -0.39 is 0 Å². The maximum atomic E-state index is 12.2. The molecule has 0 bridgehead atoms. The van der Waals surface area contributed by atoms with E-state index in [9.17, 15) is 9.59 Å². The Morgan fingerprint density at radius 1 is 1.31 bits per heavy atom. The molecule has 1 aromatic heterocycles. The summed E-state index contributed by atoms with van der Waals surface area (Å²) in [7, 11) is 0. The van der Waals surface area contributed by atoms with Gasteiger partial charge in [-0.2, -0.15) is 0 Å². The lowest BCUT2D eigenvalue weighted by atomic mass is 9.80. The third kappa shape index (κ3) is 3.29. The molecule has 2 atom stereocenters. The molecule has 1 fully saturated rings. The highest BCUT2D eigenvalue weighted by Gasteiger charge is 2.39. The molecule has 0 radical (unpaired) electrons. The molecular weight excluding hydrogens is 328 g/mol. The van der Waals surface area contributed by atoms with Gasteiger partial charge >= 0.3 is 0 Å². The zero-order chi connectivity index (χ0) is 18.3. The summed E-state index contributed by atoms with van der Waals surface area (Å²) in [6.07, 6.45) is 1.89. The molecule has 0 unspecified atom stereocenters. The van der Waals surface area contributed by atoms with Crippen LogP contribution in [0.4, 0.5) is 5.69 Å². The van der Waals surface area contributed by atoms with Crippen LogP contribution < -0.4 is 10.9 Å². The van der Waals surface area contributed by atoms with Crippen molar-refractivity contribution in [2.75, 3.05) is 18.4 Å². The molecule has 1 aliphatic carbocycles. The minimum absolute atomic E-state index is 0.0398. The first-order valence-corrected chi connectivity index (χ1v) is 9.18. The number of carbonyl (C=O) groups excluding carboxylic acids is 1. The Morgan fingerprint density at radius 2 is 2.08 bits per heavy atom. The number of amides is 1. The van der Waals surface area contributed by atoms with Crippen LogP contribution in [0.2, 0.25) is 0 Å². The second-order valence-electron chi connectivity index (χ2n) is 7.49. The van der Waals surface area contributed by atoms with E-state index in [1.165, 1.54) is 12.5 Å². The SMILES string of the molecule is CC(=O)Nc1ccc(CN2C[C@H]3CCc4c(nc(C)[nH]c4=O)[C@H]3C2)cc1. The fourth-order valence-corrected chi connectivity index (χ4v) is 4.36. The maximum absolute atomic E-state index is 12.2. The van der Waals surface area contributed by atoms with E-state index >= 15 is 0 Å². The number of likely N-dealkylation sites (tertiary alicyclic amines) is 1. The summed E-state index contributed by atoms with van der Waals surface area (Å²) >= 11 is 0. The van der Waals surface area contributed by atoms with Crippen LogP contribution >= 0.6 is 0 Å². The summed E-state index contributed by atoms with van der Waals surface area (Å²) < 4.78 is 0.